The van der Waals surface area contributed by atoms with Crippen LogP contribution in [0.5, 0.6) is 0 Å². The summed E-state index contributed by atoms with van der Waals surface area (Å²) in [5.41, 5.74) is 11.9. The highest BCUT2D eigenvalue weighted by molar-refractivity contribution is 6.03. The van der Waals surface area contributed by atoms with Gasteiger partial charge in [0, 0.05) is 5.92 Å². The van der Waals surface area contributed by atoms with E-state index in [9.17, 15) is 0 Å². The lowest BCUT2D eigenvalue weighted by molar-refractivity contribution is 1.02. The second-order valence-electron chi connectivity index (χ2n) is 10.5. The molecule has 1 aliphatic rings. The van der Waals surface area contributed by atoms with Gasteiger partial charge in [0.15, 0.2) is 0 Å². The van der Waals surface area contributed by atoms with Gasteiger partial charge in [-0.05, 0) is 77.7 Å². The van der Waals surface area contributed by atoms with Crippen LogP contribution < -0.4 is 0 Å². The summed E-state index contributed by atoms with van der Waals surface area (Å²) in [6, 6.07) is 55.7. The monoisotopic (exact) mass is 494 g/mol. The second kappa shape index (κ2) is 8.82. The van der Waals surface area contributed by atoms with Gasteiger partial charge in [-0.1, -0.05) is 146 Å². The molecule has 0 heterocycles. The van der Waals surface area contributed by atoms with Crippen LogP contribution >= 0.6 is 0 Å². The second-order valence-corrected chi connectivity index (χ2v) is 10.5. The van der Waals surface area contributed by atoms with Crippen molar-refractivity contribution in [3.05, 3.63) is 168 Å². The molecule has 0 aromatic heterocycles. The predicted molar refractivity (Wildman–Crippen MR) is 165 cm³/mol. The number of benzene rings is 7. The Balaban J connectivity index is 1.34. The lowest BCUT2D eigenvalue weighted by Crippen LogP contribution is -2.00. The van der Waals surface area contributed by atoms with Crippen molar-refractivity contribution in [2.45, 2.75) is 5.92 Å². The molecule has 0 N–H and O–H groups in total. The highest BCUT2D eigenvalue weighted by Crippen LogP contribution is 2.51. The summed E-state index contributed by atoms with van der Waals surface area (Å²) in [7, 11) is 0. The van der Waals surface area contributed by atoms with Gasteiger partial charge in [0.05, 0.1) is 0 Å². The van der Waals surface area contributed by atoms with E-state index in [1.54, 1.807) is 0 Å². The summed E-state index contributed by atoms with van der Waals surface area (Å²) in [5, 5.41) is 5.20. The van der Waals surface area contributed by atoms with E-state index in [4.69, 9.17) is 0 Å². The third kappa shape index (κ3) is 3.53. The van der Waals surface area contributed by atoms with E-state index in [-0.39, 0.29) is 5.92 Å². The number of rotatable bonds is 3. The van der Waals surface area contributed by atoms with Gasteiger partial charge in [0.1, 0.15) is 0 Å². The zero-order valence-corrected chi connectivity index (χ0v) is 21.5. The van der Waals surface area contributed by atoms with E-state index >= 15 is 0 Å². The lowest BCUT2D eigenvalue weighted by atomic mass is 9.85. The molecule has 39 heavy (non-hydrogen) atoms. The Kier molecular flexibility index (Phi) is 5.00. The van der Waals surface area contributed by atoms with Gasteiger partial charge < -0.3 is 0 Å². The standard InChI is InChI=1S/C39H26/c1-2-10-26(11-3-1)27-18-20-29(21-19-27)37-25-31(24-30-13-5-6-14-32(30)37)38-34-16-8-9-17-35(34)39-33-15-7-4-12-28(33)22-23-36(38)39/h1-25,38H. The molecule has 0 saturated heterocycles. The maximum atomic E-state index is 2.44. The fraction of sp³-hybridized carbons (Fsp3) is 0.0256. The van der Waals surface area contributed by atoms with Crippen molar-refractivity contribution in [1.29, 1.82) is 0 Å². The van der Waals surface area contributed by atoms with Crippen LogP contribution in [0.15, 0.2) is 152 Å². The molecule has 1 atom stereocenters. The Labute approximate surface area is 228 Å². The molecule has 0 spiro atoms. The summed E-state index contributed by atoms with van der Waals surface area (Å²) >= 11 is 0. The highest BCUT2D eigenvalue weighted by atomic mass is 14.3. The van der Waals surface area contributed by atoms with Crippen LogP contribution in [0.25, 0.3) is 54.9 Å². The third-order valence-electron chi connectivity index (χ3n) is 8.33. The first-order valence-corrected chi connectivity index (χ1v) is 13.6. The van der Waals surface area contributed by atoms with Crippen LogP contribution in [0.2, 0.25) is 0 Å². The molecule has 1 unspecified atom stereocenters. The number of hydrogen-bond donors (Lipinski definition) is 0. The van der Waals surface area contributed by atoms with Crippen LogP contribution in [0.4, 0.5) is 0 Å². The average molecular weight is 495 g/mol. The predicted octanol–water partition coefficient (Wildman–Crippen LogP) is 10.5. The van der Waals surface area contributed by atoms with Crippen LogP contribution in [-0.2, 0) is 0 Å². The van der Waals surface area contributed by atoms with Crippen LogP contribution in [0.3, 0.4) is 0 Å². The first kappa shape index (κ1) is 22.1. The molecular formula is C39H26. The van der Waals surface area contributed by atoms with E-state index < -0.39 is 0 Å². The smallest absolute Gasteiger partial charge is 0.0352 e. The van der Waals surface area contributed by atoms with Crippen LogP contribution in [-0.4, -0.2) is 0 Å². The van der Waals surface area contributed by atoms with Gasteiger partial charge in [-0.2, -0.15) is 0 Å². The maximum Gasteiger partial charge on any atom is 0.0352 e. The van der Waals surface area contributed by atoms with E-state index in [0.29, 0.717) is 0 Å². The van der Waals surface area contributed by atoms with Crippen LogP contribution in [0, 0.1) is 0 Å². The first-order chi connectivity index (χ1) is 19.3. The molecule has 0 heteroatoms. The van der Waals surface area contributed by atoms with Crippen molar-refractivity contribution >= 4 is 21.5 Å². The molecule has 7 aromatic carbocycles. The quantitative estimate of drug-likeness (QED) is 0.229. The van der Waals surface area contributed by atoms with E-state index in [0.717, 1.165) is 0 Å². The molecule has 7 aromatic rings. The molecule has 0 nitrogen and oxygen atoms in total. The molecule has 0 bridgehead atoms. The SMILES string of the molecule is c1ccc(-c2ccc(-c3cc(C4c5ccccc5-c5c4ccc4ccccc54)cc4ccccc34)cc2)cc1. The Morgan fingerprint density at radius 2 is 1.00 bits per heavy atom. The maximum absolute atomic E-state index is 2.44. The summed E-state index contributed by atoms with van der Waals surface area (Å²) in [6.07, 6.45) is 0. The van der Waals surface area contributed by atoms with Crippen molar-refractivity contribution < 1.29 is 0 Å². The largest absolute Gasteiger partial charge is 0.0622 e. The Hall–Kier alpha value is -4.94. The van der Waals surface area contributed by atoms with Gasteiger partial charge in [-0.3, -0.25) is 0 Å². The van der Waals surface area contributed by atoms with Gasteiger partial charge in [-0.15, -0.1) is 0 Å². The molecule has 1 aliphatic carbocycles. The van der Waals surface area contributed by atoms with Gasteiger partial charge in [0.2, 0.25) is 0 Å². The molecule has 0 fully saturated rings. The number of fused-ring (bicyclic) bond motifs is 6. The molecular weight excluding hydrogens is 468 g/mol. The van der Waals surface area contributed by atoms with Gasteiger partial charge >= 0.3 is 0 Å². The molecule has 0 aliphatic heterocycles. The topological polar surface area (TPSA) is 0 Å². The van der Waals surface area contributed by atoms with E-state index in [2.05, 4.69) is 152 Å². The lowest BCUT2D eigenvalue weighted by Gasteiger charge is -2.18. The van der Waals surface area contributed by atoms with Crippen LogP contribution in [0.1, 0.15) is 22.6 Å². The molecule has 182 valence electrons. The summed E-state index contributed by atoms with van der Waals surface area (Å²) < 4.78 is 0. The Bertz CT molecular complexity index is 2000. The van der Waals surface area contributed by atoms with Crippen molar-refractivity contribution in [3.63, 3.8) is 0 Å². The molecule has 0 amide bonds. The fourth-order valence-corrected chi connectivity index (χ4v) is 6.54. The third-order valence-corrected chi connectivity index (χ3v) is 8.33. The van der Waals surface area contributed by atoms with Gasteiger partial charge in [-0.25, -0.2) is 0 Å². The van der Waals surface area contributed by atoms with Crippen molar-refractivity contribution in [3.8, 4) is 33.4 Å². The minimum atomic E-state index is 0.202. The highest BCUT2D eigenvalue weighted by Gasteiger charge is 2.31. The van der Waals surface area contributed by atoms with Gasteiger partial charge in [0.25, 0.3) is 0 Å². The summed E-state index contributed by atoms with van der Waals surface area (Å²) in [4.78, 5) is 0. The minimum Gasteiger partial charge on any atom is -0.0622 e. The fourth-order valence-electron chi connectivity index (χ4n) is 6.54. The average Bonchev–Trinajstić information content (AvgIpc) is 3.36. The first-order valence-electron chi connectivity index (χ1n) is 13.6. The number of hydrogen-bond acceptors (Lipinski definition) is 0. The molecule has 0 radical (unpaired) electrons. The summed E-state index contributed by atoms with van der Waals surface area (Å²) in [6.45, 7) is 0. The van der Waals surface area contributed by atoms with E-state index in [1.165, 1.54) is 71.6 Å². The minimum absolute atomic E-state index is 0.202. The van der Waals surface area contributed by atoms with Crippen molar-refractivity contribution in [1.82, 2.24) is 0 Å². The normalized spacial score (nSPS) is 13.9. The molecule has 0 saturated carbocycles. The zero-order chi connectivity index (χ0) is 25.8. The van der Waals surface area contributed by atoms with Crippen molar-refractivity contribution in [2.24, 2.45) is 0 Å². The Morgan fingerprint density at radius 1 is 0.359 bits per heavy atom. The molecule has 8 rings (SSSR count). The summed E-state index contributed by atoms with van der Waals surface area (Å²) in [5.74, 6) is 0.202. The van der Waals surface area contributed by atoms with Crippen molar-refractivity contribution in [2.75, 3.05) is 0 Å². The zero-order valence-electron chi connectivity index (χ0n) is 21.5. The van der Waals surface area contributed by atoms with E-state index in [1.807, 2.05) is 0 Å². The Morgan fingerprint density at radius 3 is 1.85 bits per heavy atom.